The summed E-state index contributed by atoms with van der Waals surface area (Å²) in [5.74, 6) is 0. The first-order valence-electron chi connectivity index (χ1n) is 3.58. The monoisotopic (exact) mass is 213 g/mol. The molecule has 0 fully saturated rings. The molecule has 76 valence electrons. The molecule has 0 heterocycles. The average Bonchev–Trinajstić information content (AvgIpc) is 1.96. The molecule has 1 N–H and O–H groups in total. The normalized spacial score (nSPS) is 15.5. The van der Waals surface area contributed by atoms with Crippen molar-refractivity contribution >= 4 is 11.6 Å². The highest BCUT2D eigenvalue weighted by Crippen LogP contribution is 2.29. The van der Waals surface area contributed by atoms with Gasteiger partial charge in [-0.15, -0.1) is 0 Å². The van der Waals surface area contributed by atoms with Crippen LogP contribution in [0.3, 0.4) is 0 Å². The standard InChI is InChI=1S/C8H11ClF3N/c1-5(9)4-7(6(2)13-3)8(10,11)12/h4,13H,1-3H3/b5-4-,7-6-. The summed E-state index contributed by atoms with van der Waals surface area (Å²) in [6.45, 7) is 2.75. The number of allylic oxidation sites excluding steroid dienone is 4. The lowest BCUT2D eigenvalue weighted by atomic mass is 10.2. The molecule has 0 rings (SSSR count). The Balaban J connectivity index is 5.12. The Morgan fingerprint density at radius 2 is 1.77 bits per heavy atom. The molecule has 0 amide bonds. The van der Waals surface area contributed by atoms with E-state index in [2.05, 4.69) is 5.32 Å². The van der Waals surface area contributed by atoms with Gasteiger partial charge in [0.2, 0.25) is 0 Å². The minimum absolute atomic E-state index is 0.0486. The highest BCUT2D eigenvalue weighted by molar-refractivity contribution is 6.29. The van der Waals surface area contributed by atoms with Crippen LogP contribution in [0.2, 0.25) is 0 Å². The van der Waals surface area contributed by atoms with E-state index in [1.807, 2.05) is 0 Å². The summed E-state index contributed by atoms with van der Waals surface area (Å²) in [7, 11) is 1.43. The van der Waals surface area contributed by atoms with Gasteiger partial charge < -0.3 is 5.32 Å². The second-order valence-electron chi connectivity index (χ2n) is 2.52. The third-order valence-electron chi connectivity index (χ3n) is 1.43. The molecule has 1 nitrogen and oxygen atoms in total. The van der Waals surface area contributed by atoms with E-state index in [1.165, 1.54) is 20.9 Å². The third-order valence-corrected chi connectivity index (χ3v) is 1.54. The smallest absolute Gasteiger partial charge is 0.391 e. The van der Waals surface area contributed by atoms with Crippen LogP contribution in [-0.4, -0.2) is 13.2 Å². The van der Waals surface area contributed by atoms with Crippen molar-refractivity contribution in [2.24, 2.45) is 0 Å². The van der Waals surface area contributed by atoms with Crippen LogP contribution in [-0.2, 0) is 0 Å². The van der Waals surface area contributed by atoms with Gasteiger partial charge >= 0.3 is 6.18 Å². The summed E-state index contributed by atoms with van der Waals surface area (Å²) in [4.78, 5) is 0. The van der Waals surface area contributed by atoms with Crippen LogP contribution in [0.15, 0.2) is 22.4 Å². The molecule has 0 bridgehead atoms. The van der Waals surface area contributed by atoms with Gasteiger partial charge in [0.25, 0.3) is 0 Å². The number of alkyl halides is 3. The van der Waals surface area contributed by atoms with Crippen molar-refractivity contribution in [1.29, 1.82) is 0 Å². The Morgan fingerprint density at radius 3 is 2.00 bits per heavy atom. The van der Waals surface area contributed by atoms with Gasteiger partial charge in [-0.1, -0.05) is 11.6 Å². The lowest BCUT2D eigenvalue weighted by Crippen LogP contribution is -2.17. The summed E-state index contributed by atoms with van der Waals surface area (Å²) in [5.41, 5.74) is -0.699. The summed E-state index contributed by atoms with van der Waals surface area (Å²) in [6, 6.07) is 0. The summed E-state index contributed by atoms with van der Waals surface area (Å²) in [5, 5.41) is 2.53. The molecule has 5 heteroatoms. The zero-order valence-corrected chi connectivity index (χ0v) is 8.35. The molecule has 0 atom stereocenters. The molecule has 0 radical (unpaired) electrons. The number of rotatable bonds is 2. The Kier molecular flexibility index (Phi) is 4.33. The fourth-order valence-electron chi connectivity index (χ4n) is 0.736. The van der Waals surface area contributed by atoms with Crippen molar-refractivity contribution in [2.45, 2.75) is 20.0 Å². The first kappa shape index (κ1) is 12.4. The third kappa shape index (κ3) is 4.22. The Hall–Kier alpha value is -0.640. The second-order valence-corrected chi connectivity index (χ2v) is 3.11. The summed E-state index contributed by atoms with van der Waals surface area (Å²) >= 11 is 5.38. The molecule has 0 spiro atoms. The number of hydrogen-bond acceptors (Lipinski definition) is 1. The molecule has 0 aromatic carbocycles. The summed E-state index contributed by atoms with van der Waals surface area (Å²) in [6.07, 6.45) is -3.48. The zero-order valence-electron chi connectivity index (χ0n) is 7.59. The maximum Gasteiger partial charge on any atom is 0.418 e. The van der Waals surface area contributed by atoms with Crippen molar-refractivity contribution in [2.75, 3.05) is 7.05 Å². The highest BCUT2D eigenvalue weighted by atomic mass is 35.5. The highest BCUT2D eigenvalue weighted by Gasteiger charge is 2.33. The van der Waals surface area contributed by atoms with E-state index in [-0.39, 0.29) is 10.7 Å². The molecule has 0 aromatic rings. The Morgan fingerprint density at radius 1 is 1.31 bits per heavy atom. The van der Waals surface area contributed by atoms with Gasteiger partial charge in [0.15, 0.2) is 0 Å². The predicted octanol–water partition coefficient (Wildman–Crippen LogP) is 3.18. The maximum absolute atomic E-state index is 12.3. The second kappa shape index (κ2) is 4.56. The summed E-state index contributed by atoms with van der Waals surface area (Å²) < 4.78 is 37.0. The molecule has 0 aliphatic carbocycles. The maximum atomic E-state index is 12.3. The fraction of sp³-hybridized carbons (Fsp3) is 0.500. The first-order valence-corrected chi connectivity index (χ1v) is 3.96. The van der Waals surface area contributed by atoms with Crippen molar-refractivity contribution in [3.8, 4) is 0 Å². The minimum atomic E-state index is -4.37. The van der Waals surface area contributed by atoms with Gasteiger partial charge in [0.1, 0.15) is 0 Å². The molecule has 0 aliphatic heterocycles. The van der Waals surface area contributed by atoms with Crippen molar-refractivity contribution < 1.29 is 13.2 Å². The van der Waals surface area contributed by atoms with Gasteiger partial charge in [0.05, 0.1) is 5.57 Å². The number of halogens is 4. The van der Waals surface area contributed by atoms with Gasteiger partial charge in [0, 0.05) is 17.8 Å². The number of nitrogens with one attached hydrogen (secondary N) is 1. The molecule has 0 unspecified atom stereocenters. The van der Waals surface area contributed by atoms with Crippen LogP contribution in [0, 0.1) is 0 Å². The number of hydrogen-bond donors (Lipinski definition) is 1. The van der Waals surface area contributed by atoms with Crippen molar-refractivity contribution in [3.05, 3.63) is 22.4 Å². The first-order chi connectivity index (χ1) is 5.79. The molecular formula is C8H11ClF3N. The molecular weight excluding hydrogens is 203 g/mol. The van der Waals surface area contributed by atoms with Crippen LogP contribution >= 0.6 is 11.6 Å². The van der Waals surface area contributed by atoms with Crippen LogP contribution in [0.1, 0.15) is 13.8 Å². The lowest BCUT2D eigenvalue weighted by Gasteiger charge is -2.11. The van der Waals surface area contributed by atoms with Gasteiger partial charge in [-0.3, -0.25) is 0 Å². The van der Waals surface area contributed by atoms with E-state index in [0.29, 0.717) is 0 Å². The largest absolute Gasteiger partial charge is 0.418 e. The van der Waals surface area contributed by atoms with Gasteiger partial charge in [-0.05, 0) is 19.9 Å². The SMILES string of the molecule is CN/C(C)=C(/C=C(/C)Cl)C(F)(F)F. The van der Waals surface area contributed by atoms with Gasteiger partial charge in [-0.2, -0.15) is 13.2 Å². The minimum Gasteiger partial charge on any atom is -0.391 e. The predicted molar refractivity (Wildman–Crippen MR) is 47.4 cm³/mol. The fourth-order valence-corrected chi connectivity index (χ4v) is 0.845. The Labute approximate surface area is 80.3 Å². The van der Waals surface area contributed by atoms with Gasteiger partial charge in [-0.25, -0.2) is 0 Å². The van der Waals surface area contributed by atoms with E-state index < -0.39 is 11.7 Å². The van der Waals surface area contributed by atoms with Crippen LogP contribution in [0.25, 0.3) is 0 Å². The van der Waals surface area contributed by atoms with Crippen LogP contribution < -0.4 is 5.32 Å². The molecule has 0 aliphatic rings. The lowest BCUT2D eigenvalue weighted by molar-refractivity contribution is -0.0892. The Bertz CT molecular complexity index is 236. The molecule has 13 heavy (non-hydrogen) atoms. The van der Waals surface area contributed by atoms with E-state index in [4.69, 9.17) is 11.6 Å². The quantitative estimate of drug-likeness (QED) is 0.695. The zero-order chi connectivity index (χ0) is 10.6. The van der Waals surface area contributed by atoms with E-state index in [9.17, 15) is 13.2 Å². The van der Waals surface area contributed by atoms with E-state index in [1.54, 1.807) is 0 Å². The topological polar surface area (TPSA) is 12.0 Å². The molecule has 0 saturated carbocycles. The van der Waals surface area contributed by atoms with E-state index in [0.717, 1.165) is 6.08 Å². The average molecular weight is 214 g/mol. The van der Waals surface area contributed by atoms with E-state index >= 15 is 0 Å². The van der Waals surface area contributed by atoms with Crippen LogP contribution in [0.4, 0.5) is 13.2 Å². The van der Waals surface area contributed by atoms with Crippen LogP contribution in [0.5, 0.6) is 0 Å². The van der Waals surface area contributed by atoms with Crippen molar-refractivity contribution in [1.82, 2.24) is 5.32 Å². The van der Waals surface area contributed by atoms with Crippen molar-refractivity contribution in [3.63, 3.8) is 0 Å². The molecule has 0 aromatic heterocycles. The molecule has 0 saturated heterocycles.